The molecule has 2 atom stereocenters. The van der Waals surface area contributed by atoms with Crippen LogP contribution in [0.25, 0.3) is 0 Å². The Balaban J connectivity index is 1.78. The van der Waals surface area contributed by atoms with Crippen molar-refractivity contribution in [1.29, 1.82) is 0 Å². The second-order valence-electron chi connectivity index (χ2n) is 4.82. The van der Waals surface area contributed by atoms with Crippen LogP contribution in [0.2, 0.25) is 0 Å². The number of amides is 2. The number of carbonyl (C=O) groups excluding carboxylic acids is 1. The molecule has 2 unspecified atom stereocenters. The number of benzene rings is 1. The number of ether oxygens (including phenoxy) is 1. The molecule has 1 heterocycles. The summed E-state index contributed by atoms with van der Waals surface area (Å²) in [5.74, 6) is -0.255. The van der Waals surface area contributed by atoms with E-state index in [1.54, 1.807) is 0 Å². The van der Waals surface area contributed by atoms with E-state index in [9.17, 15) is 9.59 Å². The van der Waals surface area contributed by atoms with Crippen LogP contribution in [0.1, 0.15) is 12.0 Å². The summed E-state index contributed by atoms with van der Waals surface area (Å²) in [6.45, 7) is 3.79. The molecule has 6 heteroatoms. The number of fused-ring (bicyclic) bond motifs is 1. The molecule has 1 aromatic carbocycles. The normalized spacial score (nSPS) is 17.2. The summed E-state index contributed by atoms with van der Waals surface area (Å²) in [5, 5.41) is 14.0. The lowest BCUT2D eigenvalue weighted by atomic mass is 10.1. The standard InChI is InChI=1S/C15H18N2O4/c1-2-5-12(14(18)19)17-15(20)16-9-11-8-10-6-3-4-7-13(10)21-11/h2-4,6-7,11-12H,1,5,8-9H2,(H,18,19)(H2,16,17,20). The molecule has 0 aliphatic carbocycles. The summed E-state index contributed by atoms with van der Waals surface area (Å²) in [6.07, 6.45) is 2.23. The van der Waals surface area contributed by atoms with Gasteiger partial charge in [-0.2, -0.15) is 0 Å². The van der Waals surface area contributed by atoms with E-state index in [1.165, 1.54) is 6.08 Å². The third kappa shape index (κ3) is 3.98. The molecule has 0 spiro atoms. The van der Waals surface area contributed by atoms with Gasteiger partial charge in [0.05, 0.1) is 6.54 Å². The number of hydrogen-bond acceptors (Lipinski definition) is 3. The SMILES string of the molecule is C=CCC(NC(=O)NCC1Cc2ccccc2O1)C(=O)O. The van der Waals surface area contributed by atoms with Crippen LogP contribution in [0.5, 0.6) is 5.75 Å². The topological polar surface area (TPSA) is 87.7 Å². The first kappa shape index (κ1) is 14.9. The molecule has 2 amide bonds. The zero-order valence-corrected chi connectivity index (χ0v) is 11.5. The number of carboxylic acid groups (broad SMARTS) is 1. The molecular weight excluding hydrogens is 272 g/mol. The molecule has 0 aromatic heterocycles. The van der Waals surface area contributed by atoms with Crippen molar-refractivity contribution in [1.82, 2.24) is 10.6 Å². The van der Waals surface area contributed by atoms with E-state index in [2.05, 4.69) is 17.2 Å². The first-order valence-corrected chi connectivity index (χ1v) is 6.72. The van der Waals surface area contributed by atoms with E-state index < -0.39 is 18.0 Å². The van der Waals surface area contributed by atoms with E-state index in [-0.39, 0.29) is 12.5 Å². The van der Waals surface area contributed by atoms with Gasteiger partial charge >= 0.3 is 12.0 Å². The van der Waals surface area contributed by atoms with Crippen LogP contribution < -0.4 is 15.4 Å². The van der Waals surface area contributed by atoms with E-state index >= 15 is 0 Å². The maximum absolute atomic E-state index is 11.7. The van der Waals surface area contributed by atoms with Crippen molar-refractivity contribution in [2.75, 3.05) is 6.54 Å². The van der Waals surface area contributed by atoms with Gasteiger partial charge in [0.25, 0.3) is 0 Å². The first-order valence-electron chi connectivity index (χ1n) is 6.72. The molecule has 21 heavy (non-hydrogen) atoms. The van der Waals surface area contributed by atoms with Gasteiger partial charge < -0.3 is 20.5 Å². The van der Waals surface area contributed by atoms with Gasteiger partial charge in [-0.15, -0.1) is 6.58 Å². The molecule has 0 saturated carbocycles. The summed E-state index contributed by atoms with van der Waals surface area (Å²) in [7, 11) is 0. The monoisotopic (exact) mass is 290 g/mol. The van der Waals surface area contributed by atoms with E-state index in [0.717, 1.165) is 17.7 Å². The van der Waals surface area contributed by atoms with Crippen LogP contribution in [0.4, 0.5) is 4.79 Å². The quantitative estimate of drug-likeness (QED) is 0.689. The third-order valence-corrected chi connectivity index (χ3v) is 3.21. The first-order chi connectivity index (χ1) is 10.1. The van der Waals surface area contributed by atoms with Gasteiger partial charge in [-0.3, -0.25) is 0 Å². The predicted octanol–water partition coefficient (Wildman–Crippen LogP) is 1.32. The maximum atomic E-state index is 11.7. The predicted molar refractivity (Wildman–Crippen MR) is 77.3 cm³/mol. The number of urea groups is 1. The maximum Gasteiger partial charge on any atom is 0.326 e. The molecule has 3 N–H and O–H groups in total. The largest absolute Gasteiger partial charge is 0.488 e. The zero-order valence-electron chi connectivity index (χ0n) is 11.5. The molecule has 0 fully saturated rings. The highest BCUT2D eigenvalue weighted by atomic mass is 16.5. The molecule has 1 aromatic rings. The minimum Gasteiger partial charge on any atom is -0.488 e. The molecule has 0 radical (unpaired) electrons. The Kier molecular flexibility index (Phi) is 4.81. The van der Waals surface area contributed by atoms with Crippen molar-refractivity contribution in [2.24, 2.45) is 0 Å². The number of nitrogens with one attached hydrogen (secondary N) is 2. The number of carboxylic acids is 1. The van der Waals surface area contributed by atoms with Gasteiger partial charge in [0.15, 0.2) is 0 Å². The van der Waals surface area contributed by atoms with E-state index in [0.29, 0.717) is 6.54 Å². The second kappa shape index (κ2) is 6.78. The Morgan fingerprint density at radius 3 is 2.90 bits per heavy atom. The van der Waals surface area contributed by atoms with Crippen LogP contribution in [0.3, 0.4) is 0 Å². The Labute approximate surface area is 122 Å². The highest BCUT2D eigenvalue weighted by molar-refractivity contribution is 5.82. The van der Waals surface area contributed by atoms with Crippen molar-refractivity contribution < 1.29 is 19.4 Å². The molecule has 2 rings (SSSR count). The second-order valence-corrected chi connectivity index (χ2v) is 4.82. The van der Waals surface area contributed by atoms with Gasteiger partial charge in [-0.25, -0.2) is 9.59 Å². The smallest absolute Gasteiger partial charge is 0.326 e. The number of para-hydroxylation sites is 1. The Morgan fingerprint density at radius 2 is 2.24 bits per heavy atom. The summed E-state index contributed by atoms with van der Waals surface area (Å²) < 4.78 is 5.68. The number of hydrogen-bond donors (Lipinski definition) is 3. The van der Waals surface area contributed by atoms with Gasteiger partial charge in [0, 0.05) is 6.42 Å². The zero-order chi connectivity index (χ0) is 15.2. The summed E-state index contributed by atoms with van der Waals surface area (Å²) >= 11 is 0. The molecule has 0 saturated heterocycles. The van der Waals surface area contributed by atoms with Crippen molar-refractivity contribution in [3.05, 3.63) is 42.5 Å². The van der Waals surface area contributed by atoms with Crippen molar-refractivity contribution >= 4 is 12.0 Å². The van der Waals surface area contributed by atoms with Gasteiger partial charge in [0.2, 0.25) is 0 Å². The lowest BCUT2D eigenvalue weighted by Gasteiger charge is -2.15. The highest BCUT2D eigenvalue weighted by Crippen LogP contribution is 2.27. The van der Waals surface area contributed by atoms with E-state index in [4.69, 9.17) is 9.84 Å². The molecule has 1 aliphatic rings. The lowest BCUT2D eigenvalue weighted by molar-refractivity contribution is -0.139. The van der Waals surface area contributed by atoms with Crippen LogP contribution in [0, 0.1) is 0 Å². The van der Waals surface area contributed by atoms with Gasteiger partial charge in [0.1, 0.15) is 17.9 Å². The van der Waals surface area contributed by atoms with Crippen LogP contribution in [-0.4, -0.2) is 35.8 Å². The molecule has 0 bridgehead atoms. The fourth-order valence-electron chi connectivity index (χ4n) is 2.17. The van der Waals surface area contributed by atoms with Crippen molar-refractivity contribution in [2.45, 2.75) is 25.0 Å². The van der Waals surface area contributed by atoms with Gasteiger partial charge in [-0.05, 0) is 18.1 Å². The Hall–Kier alpha value is -2.50. The minimum atomic E-state index is -1.09. The van der Waals surface area contributed by atoms with Crippen LogP contribution in [-0.2, 0) is 11.2 Å². The summed E-state index contributed by atoms with van der Waals surface area (Å²) in [5.41, 5.74) is 1.11. The number of carbonyl (C=O) groups is 2. The fourth-order valence-corrected chi connectivity index (χ4v) is 2.17. The van der Waals surface area contributed by atoms with Crippen LogP contribution in [0.15, 0.2) is 36.9 Å². The summed E-state index contributed by atoms with van der Waals surface area (Å²) in [4.78, 5) is 22.6. The average molecular weight is 290 g/mol. The highest BCUT2D eigenvalue weighted by Gasteiger charge is 2.23. The van der Waals surface area contributed by atoms with E-state index in [1.807, 2.05) is 24.3 Å². The molecular formula is C15H18N2O4. The lowest BCUT2D eigenvalue weighted by Crippen LogP contribution is -2.47. The minimum absolute atomic E-state index is 0.129. The fraction of sp³-hybridized carbons (Fsp3) is 0.333. The number of aliphatic carboxylic acids is 1. The number of rotatable bonds is 6. The molecule has 112 valence electrons. The molecule has 6 nitrogen and oxygen atoms in total. The Morgan fingerprint density at radius 1 is 1.48 bits per heavy atom. The Bertz CT molecular complexity index is 519. The van der Waals surface area contributed by atoms with Crippen molar-refractivity contribution in [3.8, 4) is 5.75 Å². The average Bonchev–Trinajstić information content (AvgIpc) is 2.87. The molecule has 1 aliphatic heterocycles. The summed E-state index contributed by atoms with van der Waals surface area (Å²) in [6, 6.07) is 6.22. The third-order valence-electron chi connectivity index (χ3n) is 3.21. The van der Waals surface area contributed by atoms with Crippen molar-refractivity contribution in [3.63, 3.8) is 0 Å². The van der Waals surface area contributed by atoms with Crippen LogP contribution >= 0.6 is 0 Å². The van der Waals surface area contributed by atoms with Gasteiger partial charge in [-0.1, -0.05) is 24.3 Å².